The molecule has 0 amide bonds. The summed E-state index contributed by atoms with van der Waals surface area (Å²) in [6.45, 7) is 10.4. The Morgan fingerprint density at radius 3 is 2.95 bits per heavy atom. The predicted molar refractivity (Wildman–Crippen MR) is 80.1 cm³/mol. The zero-order valence-corrected chi connectivity index (χ0v) is 12.5. The minimum absolute atomic E-state index is 0.461. The van der Waals surface area contributed by atoms with Gasteiger partial charge in [-0.3, -0.25) is 9.88 Å². The molecule has 1 aromatic heterocycles. The van der Waals surface area contributed by atoms with Gasteiger partial charge in [0.25, 0.3) is 0 Å². The number of hydrogen-bond acceptors (Lipinski definition) is 3. The number of aromatic nitrogens is 1. The molecule has 2 heterocycles. The first-order valence-electron chi connectivity index (χ1n) is 7.54. The van der Waals surface area contributed by atoms with Crippen LogP contribution >= 0.6 is 0 Å². The third kappa shape index (κ3) is 4.29. The maximum absolute atomic E-state index is 4.25. The Bertz CT molecular complexity index is 364. The Labute approximate surface area is 117 Å². The highest BCUT2D eigenvalue weighted by molar-refractivity contribution is 5.13. The molecule has 0 radical (unpaired) electrons. The first-order chi connectivity index (χ1) is 9.16. The molecule has 1 aromatic rings. The van der Waals surface area contributed by atoms with E-state index in [0.717, 1.165) is 19.0 Å². The topological polar surface area (TPSA) is 28.2 Å². The molecule has 0 saturated carbocycles. The number of nitrogens with one attached hydrogen (secondary N) is 1. The first-order valence-corrected chi connectivity index (χ1v) is 7.54. The predicted octanol–water partition coefficient (Wildman–Crippen LogP) is 2.85. The van der Waals surface area contributed by atoms with Crippen LogP contribution in [0.2, 0.25) is 0 Å². The number of rotatable bonds is 4. The fourth-order valence-corrected chi connectivity index (χ4v) is 2.94. The molecule has 3 heteroatoms. The van der Waals surface area contributed by atoms with E-state index in [1.54, 1.807) is 0 Å². The van der Waals surface area contributed by atoms with Gasteiger partial charge in [0.1, 0.15) is 0 Å². The van der Waals surface area contributed by atoms with Gasteiger partial charge in [-0.2, -0.15) is 0 Å². The molecular weight excluding hydrogens is 234 g/mol. The highest BCUT2D eigenvalue weighted by Gasteiger charge is 2.22. The smallest absolute Gasteiger partial charge is 0.0335 e. The molecule has 0 aliphatic carbocycles. The van der Waals surface area contributed by atoms with Gasteiger partial charge in [-0.25, -0.2) is 0 Å². The fourth-order valence-electron chi connectivity index (χ4n) is 2.94. The largest absolute Gasteiger partial charge is 0.313 e. The Morgan fingerprint density at radius 2 is 2.26 bits per heavy atom. The van der Waals surface area contributed by atoms with Crippen LogP contribution in [0, 0.1) is 5.92 Å². The van der Waals surface area contributed by atoms with Crippen LogP contribution in [0.1, 0.15) is 45.2 Å². The van der Waals surface area contributed by atoms with Crippen LogP contribution in [0.5, 0.6) is 0 Å². The van der Waals surface area contributed by atoms with Crippen LogP contribution in [0.25, 0.3) is 0 Å². The summed E-state index contributed by atoms with van der Waals surface area (Å²) in [5, 5.41) is 3.69. The third-order valence-corrected chi connectivity index (χ3v) is 3.98. The van der Waals surface area contributed by atoms with Crippen LogP contribution in [-0.4, -0.2) is 35.6 Å². The molecule has 0 spiro atoms. The summed E-state index contributed by atoms with van der Waals surface area (Å²) in [6, 6.07) is 5.31. The Balaban J connectivity index is 2.01. The quantitative estimate of drug-likeness (QED) is 0.903. The second kappa shape index (κ2) is 7.01. The molecule has 1 aliphatic heterocycles. The zero-order chi connectivity index (χ0) is 13.7. The molecule has 1 N–H and O–H groups in total. The van der Waals surface area contributed by atoms with E-state index >= 15 is 0 Å². The number of nitrogens with zero attached hydrogens (tertiary/aromatic N) is 2. The molecule has 1 saturated heterocycles. The highest BCUT2D eigenvalue weighted by atomic mass is 15.2. The normalized spacial score (nSPS) is 23.3. The van der Waals surface area contributed by atoms with E-state index in [1.807, 2.05) is 18.5 Å². The van der Waals surface area contributed by atoms with Gasteiger partial charge in [-0.05, 0) is 43.9 Å². The molecule has 106 valence electrons. The SMILES string of the molecule is CC(C)CC1CN(C(C)c2cccnc2)CCCN1. The molecule has 2 unspecified atom stereocenters. The number of hydrogen-bond donors (Lipinski definition) is 1. The maximum Gasteiger partial charge on any atom is 0.0335 e. The molecule has 0 bridgehead atoms. The fraction of sp³-hybridized carbons (Fsp3) is 0.688. The van der Waals surface area contributed by atoms with Crippen molar-refractivity contribution in [2.45, 2.75) is 45.7 Å². The van der Waals surface area contributed by atoms with Crippen molar-refractivity contribution in [1.82, 2.24) is 15.2 Å². The Hall–Kier alpha value is -0.930. The van der Waals surface area contributed by atoms with E-state index in [0.29, 0.717) is 12.1 Å². The van der Waals surface area contributed by atoms with Gasteiger partial charge in [-0.1, -0.05) is 19.9 Å². The van der Waals surface area contributed by atoms with Gasteiger partial charge in [0.05, 0.1) is 0 Å². The Kier molecular flexibility index (Phi) is 5.34. The first kappa shape index (κ1) is 14.5. The van der Waals surface area contributed by atoms with Gasteiger partial charge in [0, 0.05) is 37.6 Å². The van der Waals surface area contributed by atoms with Crippen molar-refractivity contribution in [3.05, 3.63) is 30.1 Å². The van der Waals surface area contributed by atoms with Crippen molar-refractivity contribution in [3.8, 4) is 0 Å². The van der Waals surface area contributed by atoms with E-state index in [9.17, 15) is 0 Å². The second-order valence-electron chi connectivity index (χ2n) is 6.09. The molecule has 19 heavy (non-hydrogen) atoms. The average Bonchev–Trinajstić information content (AvgIpc) is 2.64. The molecule has 0 aromatic carbocycles. The van der Waals surface area contributed by atoms with Gasteiger partial charge < -0.3 is 5.32 Å². The van der Waals surface area contributed by atoms with Crippen molar-refractivity contribution < 1.29 is 0 Å². The van der Waals surface area contributed by atoms with Crippen molar-refractivity contribution >= 4 is 0 Å². The average molecular weight is 261 g/mol. The monoisotopic (exact) mass is 261 g/mol. The summed E-state index contributed by atoms with van der Waals surface area (Å²) < 4.78 is 0. The lowest BCUT2D eigenvalue weighted by molar-refractivity contribution is 0.199. The van der Waals surface area contributed by atoms with Gasteiger partial charge in [0.2, 0.25) is 0 Å². The van der Waals surface area contributed by atoms with E-state index in [1.165, 1.54) is 24.9 Å². The van der Waals surface area contributed by atoms with E-state index in [4.69, 9.17) is 0 Å². The molecular formula is C16H27N3. The summed E-state index contributed by atoms with van der Waals surface area (Å²) in [7, 11) is 0. The summed E-state index contributed by atoms with van der Waals surface area (Å²) in [5.41, 5.74) is 1.33. The lowest BCUT2D eigenvalue weighted by Crippen LogP contribution is -2.39. The summed E-state index contributed by atoms with van der Waals surface area (Å²) in [4.78, 5) is 6.85. The second-order valence-corrected chi connectivity index (χ2v) is 6.09. The summed E-state index contributed by atoms with van der Waals surface area (Å²) >= 11 is 0. The van der Waals surface area contributed by atoms with Crippen LogP contribution in [-0.2, 0) is 0 Å². The lowest BCUT2D eigenvalue weighted by Gasteiger charge is -2.30. The van der Waals surface area contributed by atoms with Crippen LogP contribution in [0.4, 0.5) is 0 Å². The molecule has 1 aliphatic rings. The molecule has 2 rings (SSSR count). The summed E-state index contributed by atoms with van der Waals surface area (Å²) in [6.07, 6.45) is 6.34. The van der Waals surface area contributed by atoms with Crippen LogP contribution in [0.3, 0.4) is 0 Å². The van der Waals surface area contributed by atoms with Crippen molar-refractivity contribution in [1.29, 1.82) is 0 Å². The van der Waals surface area contributed by atoms with E-state index in [2.05, 4.69) is 42.0 Å². The lowest BCUT2D eigenvalue weighted by atomic mass is 10.0. The standard InChI is InChI=1S/C16H27N3/c1-13(2)10-16-12-19(9-5-8-18-16)14(3)15-6-4-7-17-11-15/h4,6-7,11,13-14,16,18H,5,8-10,12H2,1-3H3. The third-order valence-electron chi connectivity index (χ3n) is 3.98. The van der Waals surface area contributed by atoms with Gasteiger partial charge in [-0.15, -0.1) is 0 Å². The van der Waals surface area contributed by atoms with Crippen molar-refractivity contribution in [2.75, 3.05) is 19.6 Å². The highest BCUT2D eigenvalue weighted by Crippen LogP contribution is 2.22. The Morgan fingerprint density at radius 1 is 1.42 bits per heavy atom. The maximum atomic E-state index is 4.25. The van der Waals surface area contributed by atoms with E-state index in [-0.39, 0.29) is 0 Å². The van der Waals surface area contributed by atoms with Gasteiger partial charge >= 0.3 is 0 Å². The molecule has 3 nitrogen and oxygen atoms in total. The summed E-state index contributed by atoms with van der Waals surface area (Å²) in [5.74, 6) is 0.756. The zero-order valence-electron chi connectivity index (χ0n) is 12.5. The molecule has 2 atom stereocenters. The van der Waals surface area contributed by atoms with Crippen molar-refractivity contribution in [2.24, 2.45) is 5.92 Å². The van der Waals surface area contributed by atoms with Crippen LogP contribution in [0.15, 0.2) is 24.5 Å². The van der Waals surface area contributed by atoms with E-state index < -0.39 is 0 Å². The minimum Gasteiger partial charge on any atom is -0.313 e. The van der Waals surface area contributed by atoms with Crippen LogP contribution < -0.4 is 5.32 Å². The minimum atomic E-state index is 0.461. The number of pyridine rings is 1. The van der Waals surface area contributed by atoms with Gasteiger partial charge in [0.15, 0.2) is 0 Å². The van der Waals surface area contributed by atoms with Crippen molar-refractivity contribution in [3.63, 3.8) is 0 Å². The molecule has 1 fully saturated rings.